The summed E-state index contributed by atoms with van der Waals surface area (Å²) < 4.78 is 10.9. The van der Waals surface area contributed by atoms with Crippen LogP contribution in [-0.4, -0.2) is 48.3 Å². The Morgan fingerprint density at radius 2 is 1.90 bits per heavy atom. The van der Waals surface area contributed by atoms with E-state index in [1.165, 1.54) is 0 Å². The van der Waals surface area contributed by atoms with E-state index in [1.54, 1.807) is 0 Å². The Bertz CT molecular complexity index is 918. The molecule has 168 valence electrons. The van der Waals surface area contributed by atoms with Gasteiger partial charge in [-0.3, -0.25) is 14.6 Å². The maximum atomic E-state index is 12.5. The molecule has 1 saturated heterocycles. The number of rotatable bonds is 9. The van der Waals surface area contributed by atoms with Gasteiger partial charge in [-0.1, -0.05) is 24.3 Å². The molecule has 1 fully saturated rings. The summed E-state index contributed by atoms with van der Waals surface area (Å²) in [6.07, 6.45) is 0.790. The summed E-state index contributed by atoms with van der Waals surface area (Å²) in [7, 11) is 0. The molecule has 2 heterocycles. The van der Waals surface area contributed by atoms with Crippen LogP contribution in [-0.2, 0) is 33.8 Å². The molecule has 1 aromatic carbocycles. The quantitative estimate of drug-likeness (QED) is 0.635. The second-order valence-electron chi connectivity index (χ2n) is 8.01. The van der Waals surface area contributed by atoms with Crippen molar-refractivity contribution in [2.45, 2.75) is 52.9 Å². The van der Waals surface area contributed by atoms with Crippen LogP contribution in [0.3, 0.4) is 0 Å². The second kappa shape index (κ2) is 11.1. The van der Waals surface area contributed by atoms with Crippen molar-refractivity contribution >= 4 is 11.9 Å². The van der Waals surface area contributed by atoms with E-state index in [2.05, 4.69) is 15.3 Å². The van der Waals surface area contributed by atoms with E-state index in [9.17, 15) is 9.59 Å². The number of hydrogen-bond acceptors (Lipinski definition) is 6. The van der Waals surface area contributed by atoms with Crippen LogP contribution in [0, 0.1) is 6.92 Å². The van der Waals surface area contributed by atoms with Gasteiger partial charge in [0, 0.05) is 37.3 Å². The van der Waals surface area contributed by atoms with E-state index >= 15 is 0 Å². The molecule has 0 radical (unpaired) electrons. The van der Waals surface area contributed by atoms with Crippen LogP contribution in [0.2, 0.25) is 0 Å². The van der Waals surface area contributed by atoms with Gasteiger partial charge in [0.25, 0.3) is 5.56 Å². The molecule has 3 rings (SSSR count). The number of aromatic amines is 1. The third kappa shape index (κ3) is 6.90. The van der Waals surface area contributed by atoms with Gasteiger partial charge in [-0.05, 0) is 38.3 Å². The van der Waals surface area contributed by atoms with Crippen molar-refractivity contribution in [3.05, 3.63) is 57.0 Å². The molecule has 1 amide bonds. The Kier molecular flexibility index (Phi) is 8.20. The number of amides is 1. The van der Waals surface area contributed by atoms with Gasteiger partial charge in [0.15, 0.2) is 0 Å². The molecule has 0 aliphatic carbocycles. The molecule has 0 saturated carbocycles. The van der Waals surface area contributed by atoms with Crippen LogP contribution < -0.4 is 15.8 Å². The molecule has 1 aliphatic rings. The van der Waals surface area contributed by atoms with Crippen LogP contribution >= 0.6 is 0 Å². The fraction of sp³-hybridized carbons (Fsp3) is 0.522. The highest BCUT2D eigenvalue weighted by atomic mass is 16.5. The molecule has 0 atom stereocenters. The van der Waals surface area contributed by atoms with Crippen LogP contribution in [0.25, 0.3) is 0 Å². The molecular formula is C23H32N4O4. The molecule has 0 unspecified atom stereocenters. The zero-order valence-corrected chi connectivity index (χ0v) is 18.6. The predicted octanol–water partition coefficient (Wildman–Crippen LogP) is 2.09. The number of hydrogen-bond donors (Lipinski definition) is 2. The van der Waals surface area contributed by atoms with Crippen molar-refractivity contribution in [3.8, 4) is 0 Å². The second-order valence-corrected chi connectivity index (χ2v) is 8.01. The molecule has 1 aliphatic heterocycles. The first-order valence-corrected chi connectivity index (χ1v) is 10.8. The molecule has 0 bridgehead atoms. The van der Waals surface area contributed by atoms with Gasteiger partial charge in [0.05, 0.1) is 25.9 Å². The van der Waals surface area contributed by atoms with E-state index in [1.807, 2.05) is 49.9 Å². The number of aryl methyl sites for hydroxylation is 1. The van der Waals surface area contributed by atoms with Crippen molar-refractivity contribution in [1.29, 1.82) is 0 Å². The lowest BCUT2D eigenvalue weighted by Crippen LogP contribution is -2.38. The smallest absolute Gasteiger partial charge is 0.255 e. The summed E-state index contributed by atoms with van der Waals surface area (Å²) in [5, 5.41) is 2.92. The van der Waals surface area contributed by atoms with E-state index < -0.39 is 0 Å². The summed E-state index contributed by atoms with van der Waals surface area (Å²) in [5.74, 6) is 0.476. The molecule has 2 N–H and O–H groups in total. The number of anilines is 1. The molecule has 8 nitrogen and oxygen atoms in total. The number of carbonyl (C=O) groups is 1. The number of benzene rings is 1. The van der Waals surface area contributed by atoms with Crippen LogP contribution in [0.15, 0.2) is 29.1 Å². The van der Waals surface area contributed by atoms with Gasteiger partial charge in [-0.25, -0.2) is 4.98 Å². The topological polar surface area (TPSA) is 96.6 Å². The minimum Gasteiger partial charge on any atom is -0.378 e. The zero-order valence-electron chi connectivity index (χ0n) is 18.6. The van der Waals surface area contributed by atoms with Crippen molar-refractivity contribution in [2.75, 3.05) is 31.2 Å². The fourth-order valence-electron chi connectivity index (χ4n) is 3.36. The summed E-state index contributed by atoms with van der Waals surface area (Å²) in [6, 6.07) is 7.99. The normalized spacial score (nSPS) is 14.1. The van der Waals surface area contributed by atoms with Gasteiger partial charge in [0.2, 0.25) is 11.9 Å². The SMILES string of the molecule is Cc1nc(N2CCOCC2)[nH]c(=O)c1CCC(=O)NCc1ccc(COC(C)C)cc1. The molecule has 2 aromatic rings. The van der Waals surface area contributed by atoms with Crippen molar-refractivity contribution in [1.82, 2.24) is 15.3 Å². The Hall–Kier alpha value is -2.71. The summed E-state index contributed by atoms with van der Waals surface area (Å²) in [5.41, 5.74) is 3.17. The van der Waals surface area contributed by atoms with E-state index in [0.29, 0.717) is 63.1 Å². The fourth-order valence-corrected chi connectivity index (χ4v) is 3.36. The lowest BCUT2D eigenvalue weighted by atomic mass is 10.1. The van der Waals surface area contributed by atoms with E-state index in [4.69, 9.17) is 9.47 Å². The van der Waals surface area contributed by atoms with Crippen molar-refractivity contribution < 1.29 is 14.3 Å². The first kappa shape index (κ1) is 23.0. The molecule has 0 spiro atoms. The Morgan fingerprint density at radius 1 is 1.23 bits per heavy atom. The minimum atomic E-state index is -0.180. The van der Waals surface area contributed by atoms with Gasteiger partial charge < -0.3 is 19.7 Å². The zero-order chi connectivity index (χ0) is 22.2. The van der Waals surface area contributed by atoms with Gasteiger partial charge in [-0.2, -0.15) is 0 Å². The average molecular weight is 429 g/mol. The number of ether oxygens (including phenoxy) is 2. The molecule has 8 heteroatoms. The summed E-state index contributed by atoms with van der Waals surface area (Å²) >= 11 is 0. The van der Waals surface area contributed by atoms with Gasteiger partial charge >= 0.3 is 0 Å². The largest absolute Gasteiger partial charge is 0.378 e. The van der Waals surface area contributed by atoms with Gasteiger partial charge in [0.1, 0.15) is 0 Å². The highest BCUT2D eigenvalue weighted by molar-refractivity contribution is 5.76. The highest BCUT2D eigenvalue weighted by Crippen LogP contribution is 2.12. The highest BCUT2D eigenvalue weighted by Gasteiger charge is 2.16. The number of morpholine rings is 1. The minimum absolute atomic E-state index is 0.0942. The third-order valence-electron chi connectivity index (χ3n) is 5.22. The van der Waals surface area contributed by atoms with Crippen LogP contribution in [0.4, 0.5) is 5.95 Å². The molecular weight excluding hydrogens is 396 g/mol. The Balaban J connectivity index is 1.48. The van der Waals surface area contributed by atoms with E-state index in [-0.39, 0.29) is 24.0 Å². The van der Waals surface area contributed by atoms with E-state index in [0.717, 1.165) is 11.1 Å². The maximum Gasteiger partial charge on any atom is 0.255 e. The maximum absolute atomic E-state index is 12.5. The average Bonchev–Trinajstić information content (AvgIpc) is 2.77. The molecule has 1 aromatic heterocycles. The number of H-pyrrole nitrogens is 1. The first-order valence-electron chi connectivity index (χ1n) is 10.8. The monoisotopic (exact) mass is 428 g/mol. The number of carbonyl (C=O) groups excluding carboxylic acids is 1. The third-order valence-corrected chi connectivity index (χ3v) is 5.22. The van der Waals surface area contributed by atoms with Crippen molar-refractivity contribution in [3.63, 3.8) is 0 Å². The summed E-state index contributed by atoms with van der Waals surface area (Å²) in [4.78, 5) is 34.2. The molecule has 31 heavy (non-hydrogen) atoms. The number of nitrogens with zero attached hydrogens (tertiary/aromatic N) is 2. The van der Waals surface area contributed by atoms with Gasteiger partial charge in [-0.15, -0.1) is 0 Å². The van der Waals surface area contributed by atoms with Crippen LogP contribution in [0.1, 0.15) is 42.7 Å². The first-order chi connectivity index (χ1) is 14.9. The lowest BCUT2D eigenvalue weighted by Gasteiger charge is -2.27. The van der Waals surface area contributed by atoms with Crippen molar-refractivity contribution in [2.24, 2.45) is 0 Å². The van der Waals surface area contributed by atoms with Crippen LogP contribution in [0.5, 0.6) is 0 Å². The standard InChI is InChI=1S/C23H32N4O4/c1-16(2)31-15-19-6-4-18(5-7-19)14-24-21(28)9-8-20-17(3)25-23(26-22(20)29)27-10-12-30-13-11-27/h4-7,16H,8-15H2,1-3H3,(H,24,28)(H,25,26,29). The Morgan fingerprint density at radius 3 is 2.55 bits per heavy atom. The Labute approximate surface area is 183 Å². The summed E-state index contributed by atoms with van der Waals surface area (Å²) in [6.45, 7) is 9.52. The number of aromatic nitrogens is 2. The predicted molar refractivity (Wildman–Crippen MR) is 119 cm³/mol. The number of nitrogens with one attached hydrogen (secondary N) is 2. The lowest BCUT2D eigenvalue weighted by molar-refractivity contribution is -0.121.